The summed E-state index contributed by atoms with van der Waals surface area (Å²) in [5.41, 5.74) is 1.04. The Morgan fingerprint density at radius 1 is 1.40 bits per heavy atom. The molecule has 0 radical (unpaired) electrons. The fourth-order valence-corrected chi connectivity index (χ4v) is 4.02. The number of carbonyl (C=O) groups is 1. The maximum atomic E-state index is 11.1. The van der Waals surface area contributed by atoms with Crippen LogP contribution in [-0.2, 0) is 16.0 Å². The van der Waals surface area contributed by atoms with Gasteiger partial charge in [0.1, 0.15) is 0 Å². The van der Waals surface area contributed by atoms with E-state index < -0.39 is 0 Å². The standard InChI is InChI=1S/C16H25NO2S/c1-11(2)12-4-6-13(7-5-12)16-17-14(10-20-16)8-9-15(18)19-3/h10-13H,4-9H2,1-3H3. The molecule has 0 atom stereocenters. The van der Waals surface area contributed by atoms with Crippen LogP contribution < -0.4 is 0 Å². The van der Waals surface area contributed by atoms with Gasteiger partial charge in [0, 0.05) is 17.7 Å². The molecule has 0 bridgehead atoms. The van der Waals surface area contributed by atoms with Gasteiger partial charge in [-0.25, -0.2) is 4.98 Å². The SMILES string of the molecule is COC(=O)CCc1csc(C2CCC(C(C)C)CC2)n1. The van der Waals surface area contributed by atoms with E-state index in [-0.39, 0.29) is 5.97 Å². The first-order valence-corrected chi connectivity index (χ1v) is 8.49. The van der Waals surface area contributed by atoms with Crippen molar-refractivity contribution in [2.75, 3.05) is 7.11 Å². The van der Waals surface area contributed by atoms with Crippen LogP contribution in [0, 0.1) is 11.8 Å². The molecule has 1 aromatic rings. The van der Waals surface area contributed by atoms with Gasteiger partial charge in [-0.15, -0.1) is 11.3 Å². The molecule has 112 valence electrons. The molecule has 1 aliphatic rings. The minimum absolute atomic E-state index is 0.156. The Morgan fingerprint density at radius 2 is 2.10 bits per heavy atom. The van der Waals surface area contributed by atoms with Gasteiger partial charge in [0.15, 0.2) is 0 Å². The van der Waals surface area contributed by atoms with Gasteiger partial charge in [0.25, 0.3) is 0 Å². The van der Waals surface area contributed by atoms with Crippen molar-refractivity contribution < 1.29 is 9.53 Å². The number of aryl methyl sites for hydroxylation is 1. The number of nitrogens with zero attached hydrogens (tertiary/aromatic N) is 1. The Hall–Kier alpha value is -0.900. The normalized spacial score (nSPS) is 23.0. The molecule has 1 saturated carbocycles. The number of esters is 1. The highest BCUT2D eigenvalue weighted by atomic mass is 32.1. The van der Waals surface area contributed by atoms with Crippen molar-refractivity contribution in [1.82, 2.24) is 4.98 Å². The molecule has 0 spiro atoms. The molecule has 1 aromatic heterocycles. The molecule has 0 aliphatic heterocycles. The number of rotatable bonds is 5. The molecule has 1 aliphatic carbocycles. The molecule has 0 amide bonds. The summed E-state index contributed by atoms with van der Waals surface area (Å²) in [6.07, 6.45) is 6.34. The first-order valence-electron chi connectivity index (χ1n) is 7.61. The van der Waals surface area contributed by atoms with Crippen LogP contribution in [0.1, 0.15) is 62.6 Å². The summed E-state index contributed by atoms with van der Waals surface area (Å²) >= 11 is 1.76. The van der Waals surface area contributed by atoms with Crippen molar-refractivity contribution in [2.24, 2.45) is 11.8 Å². The summed E-state index contributed by atoms with van der Waals surface area (Å²) in [5.74, 6) is 2.19. The molecule has 3 nitrogen and oxygen atoms in total. The topological polar surface area (TPSA) is 39.2 Å². The van der Waals surface area contributed by atoms with Crippen LogP contribution in [0.25, 0.3) is 0 Å². The molecule has 0 N–H and O–H groups in total. The number of thiazole rings is 1. The number of hydrogen-bond donors (Lipinski definition) is 0. The van der Waals surface area contributed by atoms with E-state index in [1.807, 2.05) is 0 Å². The average molecular weight is 295 g/mol. The monoisotopic (exact) mass is 295 g/mol. The van der Waals surface area contributed by atoms with E-state index in [1.54, 1.807) is 11.3 Å². The lowest BCUT2D eigenvalue weighted by atomic mass is 9.77. The summed E-state index contributed by atoms with van der Waals surface area (Å²) in [6.45, 7) is 4.67. The summed E-state index contributed by atoms with van der Waals surface area (Å²) < 4.78 is 4.67. The average Bonchev–Trinajstić information content (AvgIpc) is 2.93. The lowest BCUT2D eigenvalue weighted by molar-refractivity contribution is -0.140. The summed E-state index contributed by atoms with van der Waals surface area (Å²) in [5, 5.41) is 3.37. The quantitative estimate of drug-likeness (QED) is 0.765. The van der Waals surface area contributed by atoms with Gasteiger partial charge < -0.3 is 4.74 Å². The molecule has 0 unspecified atom stereocenters. The Balaban J connectivity index is 1.85. The Kier molecular flexibility index (Phi) is 5.58. The van der Waals surface area contributed by atoms with E-state index in [1.165, 1.54) is 37.8 Å². The Labute approximate surface area is 125 Å². The third kappa shape index (κ3) is 4.05. The van der Waals surface area contributed by atoms with E-state index >= 15 is 0 Å². The summed E-state index contributed by atoms with van der Waals surface area (Å²) in [6, 6.07) is 0. The summed E-state index contributed by atoms with van der Waals surface area (Å²) in [7, 11) is 1.43. The van der Waals surface area contributed by atoms with Gasteiger partial charge in [0.2, 0.25) is 0 Å². The fraction of sp³-hybridized carbons (Fsp3) is 0.750. The zero-order valence-electron chi connectivity index (χ0n) is 12.7. The highest BCUT2D eigenvalue weighted by molar-refractivity contribution is 7.09. The number of methoxy groups -OCH3 is 1. The van der Waals surface area contributed by atoms with Crippen molar-refractivity contribution in [1.29, 1.82) is 0 Å². The maximum Gasteiger partial charge on any atom is 0.305 e. The predicted octanol–water partition coefficient (Wildman–Crippen LogP) is 4.18. The number of hydrogen-bond acceptors (Lipinski definition) is 4. The first-order chi connectivity index (χ1) is 9.60. The van der Waals surface area contributed by atoms with Gasteiger partial charge in [-0.3, -0.25) is 4.79 Å². The molecule has 0 saturated heterocycles. The van der Waals surface area contributed by atoms with Crippen LogP contribution in [0.5, 0.6) is 0 Å². The van der Waals surface area contributed by atoms with E-state index in [0.29, 0.717) is 18.8 Å². The van der Waals surface area contributed by atoms with Gasteiger partial charge in [-0.2, -0.15) is 0 Å². The zero-order chi connectivity index (χ0) is 14.5. The van der Waals surface area contributed by atoms with Crippen LogP contribution in [0.2, 0.25) is 0 Å². The number of aromatic nitrogens is 1. The lowest BCUT2D eigenvalue weighted by Gasteiger charge is -2.29. The van der Waals surface area contributed by atoms with Crippen LogP contribution in [0.3, 0.4) is 0 Å². The molecule has 0 aromatic carbocycles. The van der Waals surface area contributed by atoms with Gasteiger partial charge >= 0.3 is 5.97 Å². The van der Waals surface area contributed by atoms with Crippen LogP contribution in [0.4, 0.5) is 0 Å². The molecule has 1 heterocycles. The van der Waals surface area contributed by atoms with E-state index in [0.717, 1.165) is 17.5 Å². The molecular weight excluding hydrogens is 270 g/mol. The second-order valence-electron chi connectivity index (χ2n) is 6.11. The minimum Gasteiger partial charge on any atom is -0.469 e. The smallest absolute Gasteiger partial charge is 0.305 e. The molecule has 4 heteroatoms. The maximum absolute atomic E-state index is 11.1. The predicted molar refractivity (Wildman–Crippen MR) is 82.0 cm³/mol. The third-order valence-electron chi connectivity index (χ3n) is 4.45. The van der Waals surface area contributed by atoms with Crippen LogP contribution in [0.15, 0.2) is 5.38 Å². The van der Waals surface area contributed by atoms with E-state index in [9.17, 15) is 4.79 Å². The second kappa shape index (κ2) is 7.21. The van der Waals surface area contributed by atoms with Crippen molar-refractivity contribution in [3.8, 4) is 0 Å². The third-order valence-corrected chi connectivity index (χ3v) is 5.50. The number of ether oxygens (including phenoxy) is 1. The lowest BCUT2D eigenvalue weighted by Crippen LogP contribution is -2.17. The van der Waals surface area contributed by atoms with Gasteiger partial charge in [-0.05, 0) is 37.5 Å². The van der Waals surface area contributed by atoms with Crippen molar-refractivity contribution >= 4 is 17.3 Å². The van der Waals surface area contributed by atoms with Crippen molar-refractivity contribution in [2.45, 2.75) is 58.3 Å². The number of carbonyl (C=O) groups excluding carboxylic acids is 1. The van der Waals surface area contributed by atoms with Crippen LogP contribution in [-0.4, -0.2) is 18.1 Å². The Morgan fingerprint density at radius 3 is 2.70 bits per heavy atom. The van der Waals surface area contributed by atoms with E-state index in [4.69, 9.17) is 4.98 Å². The Bertz CT molecular complexity index is 433. The molecular formula is C16H25NO2S. The second-order valence-corrected chi connectivity index (χ2v) is 7.00. The van der Waals surface area contributed by atoms with E-state index in [2.05, 4.69) is 24.0 Å². The minimum atomic E-state index is -0.156. The molecule has 20 heavy (non-hydrogen) atoms. The zero-order valence-corrected chi connectivity index (χ0v) is 13.5. The van der Waals surface area contributed by atoms with Crippen molar-refractivity contribution in [3.05, 3.63) is 16.1 Å². The van der Waals surface area contributed by atoms with Crippen molar-refractivity contribution in [3.63, 3.8) is 0 Å². The molecule has 1 fully saturated rings. The van der Waals surface area contributed by atoms with Gasteiger partial charge in [-0.1, -0.05) is 13.8 Å². The van der Waals surface area contributed by atoms with Gasteiger partial charge in [0.05, 0.1) is 24.2 Å². The largest absolute Gasteiger partial charge is 0.469 e. The highest BCUT2D eigenvalue weighted by Gasteiger charge is 2.25. The first kappa shape index (κ1) is 15.5. The fourth-order valence-electron chi connectivity index (χ4n) is 2.99. The van der Waals surface area contributed by atoms with Crippen LogP contribution >= 0.6 is 11.3 Å². The highest BCUT2D eigenvalue weighted by Crippen LogP contribution is 2.39. The molecule has 2 rings (SSSR count). The summed E-state index contributed by atoms with van der Waals surface area (Å²) in [4.78, 5) is 15.9.